The Hall–Kier alpha value is -2.75. The zero-order valence-electron chi connectivity index (χ0n) is 13.9. The Bertz CT molecular complexity index is 822. The molecule has 3 N–H and O–H groups in total. The first-order chi connectivity index (χ1) is 11.7. The zero-order valence-corrected chi connectivity index (χ0v) is 13.9. The van der Waals surface area contributed by atoms with E-state index in [9.17, 15) is 4.79 Å². The molecule has 3 rings (SSSR count). The number of hydrogen-bond acceptors (Lipinski definition) is 1. The van der Waals surface area contributed by atoms with Crippen LogP contribution in [0.5, 0.6) is 0 Å². The highest BCUT2D eigenvalue weighted by Gasteiger charge is 2.04. The van der Waals surface area contributed by atoms with E-state index in [1.807, 2.05) is 30.5 Å². The molecule has 4 nitrogen and oxygen atoms in total. The van der Waals surface area contributed by atoms with Crippen LogP contribution in [0.25, 0.3) is 10.9 Å². The lowest BCUT2D eigenvalue weighted by Gasteiger charge is -2.09. The average molecular weight is 321 g/mol. The van der Waals surface area contributed by atoms with Gasteiger partial charge in [-0.1, -0.05) is 42.5 Å². The fourth-order valence-electron chi connectivity index (χ4n) is 2.91. The third-order valence-electron chi connectivity index (χ3n) is 4.30. The van der Waals surface area contributed by atoms with Crippen molar-refractivity contribution in [1.29, 1.82) is 0 Å². The lowest BCUT2D eigenvalue weighted by atomic mass is 10.1. The Morgan fingerprint density at radius 3 is 2.38 bits per heavy atom. The minimum atomic E-state index is -0.108. The van der Waals surface area contributed by atoms with E-state index in [-0.39, 0.29) is 6.03 Å². The van der Waals surface area contributed by atoms with Crippen molar-refractivity contribution in [2.24, 2.45) is 0 Å². The molecular weight excluding hydrogens is 298 g/mol. The van der Waals surface area contributed by atoms with Crippen LogP contribution in [0.2, 0.25) is 0 Å². The quantitative estimate of drug-likeness (QED) is 0.639. The molecule has 124 valence electrons. The van der Waals surface area contributed by atoms with Gasteiger partial charge >= 0.3 is 6.03 Å². The van der Waals surface area contributed by atoms with Crippen LogP contribution in [0.15, 0.2) is 54.7 Å². The van der Waals surface area contributed by atoms with Crippen LogP contribution >= 0.6 is 0 Å². The molecule has 0 unspecified atom stereocenters. The van der Waals surface area contributed by atoms with E-state index in [1.165, 1.54) is 22.1 Å². The van der Waals surface area contributed by atoms with Gasteiger partial charge in [-0.15, -0.1) is 0 Å². The van der Waals surface area contributed by atoms with Crippen LogP contribution in [0.3, 0.4) is 0 Å². The highest BCUT2D eigenvalue weighted by molar-refractivity contribution is 5.83. The summed E-state index contributed by atoms with van der Waals surface area (Å²) in [4.78, 5) is 15.1. The lowest BCUT2D eigenvalue weighted by molar-refractivity contribution is 0.241. The lowest BCUT2D eigenvalue weighted by Crippen LogP contribution is -2.37. The molecule has 0 fully saturated rings. The molecular formula is C20H23N3O. The maximum Gasteiger partial charge on any atom is 0.314 e. The summed E-state index contributed by atoms with van der Waals surface area (Å²) in [5.41, 5.74) is 4.90. The average Bonchev–Trinajstić information content (AvgIpc) is 3.00. The van der Waals surface area contributed by atoms with E-state index in [1.54, 1.807) is 0 Å². The number of carbonyl (C=O) groups is 1. The van der Waals surface area contributed by atoms with Gasteiger partial charge in [-0.25, -0.2) is 4.79 Å². The second-order valence-corrected chi connectivity index (χ2v) is 5.97. The number of H-pyrrole nitrogens is 1. The van der Waals surface area contributed by atoms with Crippen molar-refractivity contribution in [3.05, 3.63) is 71.4 Å². The molecule has 0 spiro atoms. The monoisotopic (exact) mass is 321 g/mol. The summed E-state index contributed by atoms with van der Waals surface area (Å²) in [6, 6.07) is 16.4. The molecule has 0 aliphatic rings. The molecule has 0 aliphatic heterocycles. The highest BCUT2D eigenvalue weighted by Crippen LogP contribution is 2.17. The number of aromatic amines is 1. The van der Waals surface area contributed by atoms with Crippen molar-refractivity contribution < 1.29 is 4.79 Å². The molecule has 1 aromatic heterocycles. The number of hydrogen-bond donors (Lipinski definition) is 3. The number of aryl methyl sites for hydroxylation is 1. The number of rotatable bonds is 6. The minimum absolute atomic E-state index is 0.108. The van der Waals surface area contributed by atoms with Gasteiger partial charge in [0.15, 0.2) is 0 Å². The Morgan fingerprint density at radius 1 is 0.917 bits per heavy atom. The number of carbonyl (C=O) groups excluding carboxylic acids is 1. The van der Waals surface area contributed by atoms with Crippen molar-refractivity contribution >= 4 is 16.9 Å². The normalized spacial score (nSPS) is 10.7. The van der Waals surface area contributed by atoms with Crippen molar-refractivity contribution in [3.63, 3.8) is 0 Å². The molecule has 0 saturated carbocycles. The highest BCUT2D eigenvalue weighted by atomic mass is 16.2. The topological polar surface area (TPSA) is 56.9 Å². The molecule has 1 heterocycles. The van der Waals surface area contributed by atoms with Gasteiger partial charge in [0.25, 0.3) is 0 Å². The number of fused-ring (bicyclic) bond motifs is 1. The predicted molar refractivity (Wildman–Crippen MR) is 98.3 cm³/mol. The molecule has 2 aromatic carbocycles. The SMILES string of the molecule is Cc1ccccc1CCNC(=O)NCCc1c[nH]c2ccccc12. The summed E-state index contributed by atoms with van der Waals surface area (Å²) in [6.07, 6.45) is 3.68. The maximum absolute atomic E-state index is 11.9. The fourth-order valence-corrected chi connectivity index (χ4v) is 2.91. The van der Waals surface area contributed by atoms with E-state index in [2.05, 4.69) is 46.8 Å². The van der Waals surface area contributed by atoms with Crippen LogP contribution in [-0.4, -0.2) is 24.1 Å². The zero-order chi connectivity index (χ0) is 16.8. The van der Waals surface area contributed by atoms with E-state index in [0.717, 1.165) is 18.4 Å². The fraction of sp³-hybridized carbons (Fsp3) is 0.250. The van der Waals surface area contributed by atoms with Gasteiger partial charge in [0, 0.05) is 30.2 Å². The summed E-state index contributed by atoms with van der Waals surface area (Å²) >= 11 is 0. The first-order valence-corrected chi connectivity index (χ1v) is 8.35. The smallest absolute Gasteiger partial charge is 0.314 e. The molecule has 3 aromatic rings. The molecule has 0 saturated heterocycles. The minimum Gasteiger partial charge on any atom is -0.361 e. The molecule has 2 amide bonds. The Balaban J connectivity index is 1.41. The number of urea groups is 1. The van der Waals surface area contributed by atoms with E-state index in [4.69, 9.17) is 0 Å². The number of aromatic nitrogens is 1. The van der Waals surface area contributed by atoms with E-state index < -0.39 is 0 Å². The Kier molecular flexibility index (Phi) is 5.16. The van der Waals surface area contributed by atoms with E-state index in [0.29, 0.717) is 13.1 Å². The molecule has 0 atom stereocenters. The first kappa shape index (κ1) is 16.1. The number of para-hydroxylation sites is 1. The van der Waals surface area contributed by atoms with Gasteiger partial charge in [0.1, 0.15) is 0 Å². The molecule has 0 bridgehead atoms. The molecule has 0 aliphatic carbocycles. The summed E-state index contributed by atoms with van der Waals surface area (Å²) in [5.74, 6) is 0. The van der Waals surface area contributed by atoms with Crippen molar-refractivity contribution in [3.8, 4) is 0 Å². The van der Waals surface area contributed by atoms with Crippen LogP contribution < -0.4 is 10.6 Å². The van der Waals surface area contributed by atoms with Crippen molar-refractivity contribution in [1.82, 2.24) is 15.6 Å². The van der Waals surface area contributed by atoms with Crippen LogP contribution in [-0.2, 0) is 12.8 Å². The largest absolute Gasteiger partial charge is 0.361 e. The van der Waals surface area contributed by atoms with Gasteiger partial charge in [-0.3, -0.25) is 0 Å². The van der Waals surface area contributed by atoms with Gasteiger partial charge in [0.05, 0.1) is 0 Å². The van der Waals surface area contributed by atoms with Gasteiger partial charge in [0.2, 0.25) is 0 Å². The summed E-state index contributed by atoms with van der Waals surface area (Å²) in [7, 11) is 0. The predicted octanol–water partition coefficient (Wildman–Crippen LogP) is 3.56. The summed E-state index contributed by atoms with van der Waals surface area (Å²) in [5, 5.41) is 7.06. The van der Waals surface area contributed by atoms with E-state index >= 15 is 0 Å². The van der Waals surface area contributed by atoms with Crippen molar-refractivity contribution in [2.45, 2.75) is 19.8 Å². The maximum atomic E-state index is 11.9. The summed E-state index contributed by atoms with van der Waals surface area (Å²) in [6.45, 7) is 3.36. The molecule has 24 heavy (non-hydrogen) atoms. The standard InChI is InChI=1S/C20H23N3O/c1-15-6-2-3-7-16(15)10-12-21-20(24)22-13-11-17-14-23-19-9-5-4-8-18(17)19/h2-9,14,23H,10-13H2,1H3,(H2,21,22,24). The van der Waals surface area contributed by atoms with Gasteiger partial charge in [-0.05, 0) is 42.5 Å². The van der Waals surface area contributed by atoms with Crippen LogP contribution in [0.4, 0.5) is 4.79 Å². The van der Waals surface area contributed by atoms with Gasteiger partial charge < -0.3 is 15.6 Å². The van der Waals surface area contributed by atoms with Crippen LogP contribution in [0, 0.1) is 6.92 Å². The second-order valence-electron chi connectivity index (χ2n) is 5.97. The van der Waals surface area contributed by atoms with Gasteiger partial charge in [-0.2, -0.15) is 0 Å². The third-order valence-corrected chi connectivity index (χ3v) is 4.30. The Morgan fingerprint density at radius 2 is 1.58 bits per heavy atom. The second kappa shape index (κ2) is 7.68. The van der Waals surface area contributed by atoms with Crippen LogP contribution in [0.1, 0.15) is 16.7 Å². The summed E-state index contributed by atoms with van der Waals surface area (Å²) < 4.78 is 0. The number of nitrogens with one attached hydrogen (secondary N) is 3. The third kappa shape index (κ3) is 3.96. The Labute approximate surface area is 142 Å². The molecule has 0 radical (unpaired) electrons. The number of benzene rings is 2. The van der Waals surface area contributed by atoms with Crippen molar-refractivity contribution in [2.75, 3.05) is 13.1 Å². The first-order valence-electron chi connectivity index (χ1n) is 8.35. The molecule has 4 heteroatoms. The number of amides is 2.